The molecule has 0 atom stereocenters. The molecule has 0 saturated heterocycles. The predicted octanol–water partition coefficient (Wildman–Crippen LogP) is 1.57. The maximum atomic E-state index is 11.7. The average Bonchev–Trinajstić information content (AvgIpc) is 2.27. The Morgan fingerprint density at radius 3 is 2.29 bits per heavy atom. The Kier molecular flexibility index (Phi) is 5.93. The third-order valence-electron chi connectivity index (χ3n) is 2.94. The molecular weight excluding hydrogens is 216 g/mol. The second-order valence-corrected chi connectivity index (χ2v) is 5.00. The quantitative estimate of drug-likeness (QED) is 0.716. The number of amides is 2. The highest BCUT2D eigenvalue weighted by Crippen LogP contribution is 2.18. The molecular formula is C13H24N2O2. The van der Waals surface area contributed by atoms with E-state index in [-0.39, 0.29) is 17.2 Å². The molecule has 0 rings (SSSR count). The van der Waals surface area contributed by atoms with Crippen LogP contribution < -0.4 is 5.32 Å². The largest absolute Gasteiger partial charge is 0.354 e. The summed E-state index contributed by atoms with van der Waals surface area (Å²) in [5.74, 6) is -0.0647. The molecule has 0 aliphatic heterocycles. The summed E-state index contributed by atoms with van der Waals surface area (Å²) in [4.78, 5) is 24.8. The van der Waals surface area contributed by atoms with Crippen LogP contribution in [0.25, 0.3) is 0 Å². The van der Waals surface area contributed by atoms with Gasteiger partial charge in [0.25, 0.3) is 0 Å². The highest BCUT2D eigenvalue weighted by molar-refractivity contribution is 5.92. The van der Waals surface area contributed by atoms with E-state index in [0.717, 1.165) is 6.42 Å². The maximum absolute atomic E-state index is 11.7. The number of likely N-dealkylation sites (N-methyl/N-ethyl adjacent to an activating group) is 1. The minimum atomic E-state index is -0.350. The van der Waals surface area contributed by atoms with E-state index in [4.69, 9.17) is 0 Å². The molecule has 0 aliphatic carbocycles. The fourth-order valence-electron chi connectivity index (χ4n) is 1.16. The van der Waals surface area contributed by atoms with Gasteiger partial charge in [0.05, 0.1) is 0 Å². The zero-order valence-corrected chi connectivity index (χ0v) is 11.6. The molecule has 0 aromatic heterocycles. The molecule has 17 heavy (non-hydrogen) atoms. The summed E-state index contributed by atoms with van der Waals surface area (Å²) in [5, 5.41) is 2.84. The van der Waals surface area contributed by atoms with Crippen molar-refractivity contribution in [3.05, 3.63) is 12.2 Å². The van der Waals surface area contributed by atoms with Gasteiger partial charge >= 0.3 is 0 Å². The van der Waals surface area contributed by atoms with Crippen molar-refractivity contribution in [1.29, 1.82) is 0 Å². The van der Waals surface area contributed by atoms with Gasteiger partial charge in [0, 0.05) is 31.1 Å². The summed E-state index contributed by atoms with van der Waals surface area (Å²) in [6, 6.07) is 0. The topological polar surface area (TPSA) is 49.4 Å². The lowest BCUT2D eigenvalue weighted by Crippen LogP contribution is -2.41. The van der Waals surface area contributed by atoms with Gasteiger partial charge in [-0.1, -0.05) is 27.4 Å². The van der Waals surface area contributed by atoms with E-state index in [1.165, 1.54) is 0 Å². The van der Waals surface area contributed by atoms with Crippen molar-refractivity contribution in [3.8, 4) is 0 Å². The molecule has 0 spiro atoms. The summed E-state index contributed by atoms with van der Waals surface area (Å²) in [5.41, 5.74) is 0.157. The van der Waals surface area contributed by atoms with Crippen LogP contribution in [0.2, 0.25) is 0 Å². The van der Waals surface area contributed by atoms with Crippen LogP contribution >= 0.6 is 0 Å². The molecule has 4 heteroatoms. The first-order valence-electron chi connectivity index (χ1n) is 5.91. The van der Waals surface area contributed by atoms with Crippen molar-refractivity contribution in [3.63, 3.8) is 0 Å². The fourth-order valence-corrected chi connectivity index (χ4v) is 1.16. The third kappa shape index (κ3) is 5.02. The Morgan fingerprint density at radius 2 is 1.88 bits per heavy atom. The van der Waals surface area contributed by atoms with Crippen LogP contribution in [-0.4, -0.2) is 36.9 Å². The summed E-state index contributed by atoms with van der Waals surface area (Å²) in [7, 11) is 1.70. The SMILES string of the molecule is C=C(C)C(=O)N(C)CCNC(=O)C(C)(C)CC. The van der Waals surface area contributed by atoms with Crippen LogP contribution in [0.3, 0.4) is 0 Å². The minimum Gasteiger partial charge on any atom is -0.354 e. The van der Waals surface area contributed by atoms with E-state index in [2.05, 4.69) is 11.9 Å². The molecule has 98 valence electrons. The summed E-state index contributed by atoms with van der Waals surface area (Å²) in [6.45, 7) is 12.0. The Labute approximate surface area is 104 Å². The molecule has 0 fully saturated rings. The van der Waals surface area contributed by atoms with Crippen LogP contribution in [0.1, 0.15) is 34.1 Å². The average molecular weight is 240 g/mol. The van der Waals surface area contributed by atoms with E-state index in [1.54, 1.807) is 18.9 Å². The molecule has 0 heterocycles. The standard InChI is InChI=1S/C13H24N2O2/c1-7-13(4,5)12(17)14-8-9-15(6)11(16)10(2)3/h2,7-9H2,1,3-6H3,(H,14,17). The lowest BCUT2D eigenvalue weighted by Gasteiger charge is -2.23. The van der Waals surface area contributed by atoms with Crippen molar-refractivity contribution < 1.29 is 9.59 Å². The summed E-state index contributed by atoms with van der Waals surface area (Å²) in [6.07, 6.45) is 0.791. The van der Waals surface area contributed by atoms with Gasteiger partial charge in [0.15, 0.2) is 0 Å². The molecule has 1 N–H and O–H groups in total. The van der Waals surface area contributed by atoms with Gasteiger partial charge in [-0.15, -0.1) is 0 Å². The summed E-state index contributed by atoms with van der Waals surface area (Å²) >= 11 is 0. The molecule has 0 aromatic rings. The van der Waals surface area contributed by atoms with Gasteiger partial charge in [-0.2, -0.15) is 0 Å². The molecule has 0 radical (unpaired) electrons. The Hall–Kier alpha value is -1.32. The zero-order chi connectivity index (χ0) is 13.6. The van der Waals surface area contributed by atoms with E-state index >= 15 is 0 Å². The number of carbonyl (C=O) groups excluding carboxylic acids is 2. The molecule has 4 nitrogen and oxygen atoms in total. The zero-order valence-electron chi connectivity index (χ0n) is 11.6. The lowest BCUT2D eigenvalue weighted by molar-refractivity contribution is -0.130. The second-order valence-electron chi connectivity index (χ2n) is 5.00. The van der Waals surface area contributed by atoms with Crippen LogP contribution in [0, 0.1) is 5.41 Å². The van der Waals surface area contributed by atoms with Crippen molar-refractivity contribution >= 4 is 11.8 Å². The first kappa shape index (κ1) is 15.7. The molecule has 0 aromatic carbocycles. The van der Waals surface area contributed by atoms with E-state index in [1.807, 2.05) is 20.8 Å². The van der Waals surface area contributed by atoms with Crippen LogP contribution in [0.15, 0.2) is 12.2 Å². The molecule has 0 aliphatic rings. The van der Waals surface area contributed by atoms with Gasteiger partial charge in [-0.05, 0) is 13.3 Å². The fraction of sp³-hybridized carbons (Fsp3) is 0.692. The molecule has 0 bridgehead atoms. The number of hydrogen-bond donors (Lipinski definition) is 1. The third-order valence-corrected chi connectivity index (χ3v) is 2.94. The Balaban J connectivity index is 4.05. The first-order chi connectivity index (χ1) is 7.72. The second kappa shape index (κ2) is 6.42. The normalized spacial score (nSPS) is 10.9. The van der Waals surface area contributed by atoms with Gasteiger partial charge in [-0.25, -0.2) is 0 Å². The number of carbonyl (C=O) groups is 2. The molecule has 0 saturated carbocycles. The minimum absolute atomic E-state index is 0.0242. The number of nitrogens with zero attached hydrogens (tertiary/aromatic N) is 1. The predicted molar refractivity (Wildman–Crippen MR) is 69.5 cm³/mol. The Bertz CT molecular complexity index is 309. The van der Waals surface area contributed by atoms with E-state index in [9.17, 15) is 9.59 Å². The summed E-state index contributed by atoms with van der Waals surface area (Å²) < 4.78 is 0. The maximum Gasteiger partial charge on any atom is 0.248 e. The Morgan fingerprint density at radius 1 is 1.35 bits per heavy atom. The van der Waals surface area contributed by atoms with Crippen molar-refractivity contribution in [2.45, 2.75) is 34.1 Å². The van der Waals surface area contributed by atoms with Gasteiger partial charge < -0.3 is 10.2 Å². The van der Waals surface area contributed by atoms with Gasteiger partial charge in [0.2, 0.25) is 11.8 Å². The highest BCUT2D eigenvalue weighted by atomic mass is 16.2. The van der Waals surface area contributed by atoms with Gasteiger partial charge in [0.1, 0.15) is 0 Å². The highest BCUT2D eigenvalue weighted by Gasteiger charge is 2.24. The monoisotopic (exact) mass is 240 g/mol. The van der Waals surface area contributed by atoms with Crippen LogP contribution in [0.4, 0.5) is 0 Å². The smallest absolute Gasteiger partial charge is 0.248 e. The number of hydrogen-bond acceptors (Lipinski definition) is 2. The van der Waals surface area contributed by atoms with Crippen molar-refractivity contribution in [2.75, 3.05) is 20.1 Å². The van der Waals surface area contributed by atoms with Crippen LogP contribution in [0.5, 0.6) is 0 Å². The van der Waals surface area contributed by atoms with E-state index < -0.39 is 0 Å². The number of nitrogens with one attached hydrogen (secondary N) is 1. The van der Waals surface area contributed by atoms with Crippen molar-refractivity contribution in [2.24, 2.45) is 5.41 Å². The molecule has 0 unspecified atom stereocenters. The van der Waals surface area contributed by atoms with Gasteiger partial charge in [-0.3, -0.25) is 9.59 Å². The van der Waals surface area contributed by atoms with E-state index in [0.29, 0.717) is 18.7 Å². The molecule has 2 amide bonds. The lowest BCUT2D eigenvalue weighted by atomic mass is 9.89. The van der Waals surface area contributed by atoms with Crippen molar-refractivity contribution in [1.82, 2.24) is 10.2 Å². The van der Waals surface area contributed by atoms with Crippen LogP contribution in [-0.2, 0) is 9.59 Å². The number of rotatable bonds is 6. The first-order valence-corrected chi connectivity index (χ1v) is 5.91.